The van der Waals surface area contributed by atoms with Crippen LogP contribution in [0.2, 0.25) is 5.02 Å². The van der Waals surface area contributed by atoms with E-state index in [9.17, 15) is 5.26 Å². The number of nitriles is 1. The summed E-state index contributed by atoms with van der Waals surface area (Å²) in [7, 11) is 0. The first kappa shape index (κ1) is 22.3. The summed E-state index contributed by atoms with van der Waals surface area (Å²) in [4.78, 5) is 14.0. The molecule has 3 heterocycles. The van der Waals surface area contributed by atoms with Crippen LogP contribution < -0.4 is 0 Å². The predicted molar refractivity (Wildman–Crippen MR) is 136 cm³/mol. The Morgan fingerprint density at radius 2 is 1.88 bits per heavy atom. The molecule has 170 valence electrons. The maximum atomic E-state index is 9.67. The highest BCUT2D eigenvalue weighted by Gasteiger charge is 2.25. The highest BCUT2D eigenvalue weighted by molar-refractivity contribution is 6.30. The monoisotopic (exact) mass is 467 g/mol. The first-order chi connectivity index (χ1) is 16.5. The molecule has 0 radical (unpaired) electrons. The summed E-state index contributed by atoms with van der Waals surface area (Å²) in [6, 6.07) is 15.9. The largest absolute Gasteiger partial charge is 0.322 e. The number of rotatable bonds is 5. The van der Waals surface area contributed by atoms with Crippen LogP contribution in [-0.4, -0.2) is 19.5 Å². The van der Waals surface area contributed by atoms with Gasteiger partial charge in [-0.3, -0.25) is 4.98 Å². The van der Waals surface area contributed by atoms with Crippen molar-refractivity contribution >= 4 is 28.2 Å². The summed E-state index contributed by atoms with van der Waals surface area (Å²) < 4.78 is 2.26. The second kappa shape index (κ2) is 9.40. The minimum Gasteiger partial charge on any atom is -0.322 e. The Balaban J connectivity index is 1.73. The normalized spacial score (nSPS) is 18.0. The van der Waals surface area contributed by atoms with Gasteiger partial charge < -0.3 is 4.57 Å². The number of imidazole rings is 1. The fourth-order valence-corrected chi connectivity index (χ4v) is 5.08. The molecule has 6 heteroatoms. The first-order valence-electron chi connectivity index (χ1n) is 11.7. The molecule has 0 aliphatic heterocycles. The average molecular weight is 468 g/mol. The Labute approximate surface area is 204 Å². The van der Waals surface area contributed by atoms with Crippen molar-refractivity contribution < 1.29 is 0 Å². The molecule has 0 amide bonds. The van der Waals surface area contributed by atoms with Crippen LogP contribution in [0.3, 0.4) is 0 Å². The van der Waals surface area contributed by atoms with Crippen molar-refractivity contribution in [3.05, 3.63) is 83.5 Å². The minimum atomic E-state index is 0.315. The number of pyridine rings is 2. The van der Waals surface area contributed by atoms with Crippen molar-refractivity contribution in [3.8, 4) is 17.3 Å². The molecule has 3 aromatic heterocycles. The van der Waals surface area contributed by atoms with E-state index in [0.29, 0.717) is 22.3 Å². The number of halogens is 1. The van der Waals surface area contributed by atoms with Crippen LogP contribution in [0.4, 0.5) is 0 Å². The standard InChI is InChI=1S/C28H26ClN5/c1-18-8-10-20(11-9-18)17-34-27-25(33-28(34)19(2)21-6-4-3-5-7-21)13-24(14-30)32-26(27)22-12-23(29)16-31-15-22/h3-7,12-13,15-16,18,20H,2,8-11,17H2,1H3. The van der Waals surface area contributed by atoms with E-state index < -0.39 is 0 Å². The van der Waals surface area contributed by atoms with Crippen molar-refractivity contribution in [1.29, 1.82) is 5.26 Å². The summed E-state index contributed by atoms with van der Waals surface area (Å²) in [5.74, 6) is 2.15. The van der Waals surface area contributed by atoms with Crippen molar-refractivity contribution in [2.45, 2.75) is 39.2 Å². The summed E-state index contributed by atoms with van der Waals surface area (Å²) in [5.41, 5.74) is 5.27. The number of hydrogen-bond donors (Lipinski definition) is 0. The van der Waals surface area contributed by atoms with Gasteiger partial charge in [0.05, 0.1) is 21.7 Å². The molecule has 1 fully saturated rings. The van der Waals surface area contributed by atoms with Gasteiger partial charge in [0.1, 0.15) is 17.6 Å². The molecule has 0 spiro atoms. The van der Waals surface area contributed by atoms with Gasteiger partial charge in [-0.15, -0.1) is 0 Å². The second-order valence-electron chi connectivity index (χ2n) is 9.24. The molecule has 1 aliphatic rings. The highest BCUT2D eigenvalue weighted by Crippen LogP contribution is 2.36. The lowest BCUT2D eigenvalue weighted by Gasteiger charge is -2.27. The molecule has 0 saturated heterocycles. The maximum absolute atomic E-state index is 9.67. The Morgan fingerprint density at radius 1 is 1.12 bits per heavy atom. The molecule has 0 unspecified atom stereocenters. The summed E-state index contributed by atoms with van der Waals surface area (Å²) in [6.45, 7) is 7.58. The van der Waals surface area contributed by atoms with Crippen molar-refractivity contribution in [1.82, 2.24) is 19.5 Å². The van der Waals surface area contributed by atoms with E-state index in [-0.39, 0.29) is 0 Å². The maximum Gasteiger partial charge on any atom is 0.143 e. The smallest absolute Gasteiger partial charge is 0.143 e. The van der Waals surface area contributed by atoms with Gasteiger partial charge in [0.25, 0.3) is 0 Å². The van der Waals surface area contributed by atoms with Gasteiger partial charge in [0, 0.05) is 36.1 Å². The van der Waals surface area contributed by atoms with Crippen LogP contribution in [0.15, 0.2) is 61.4 Å². The van der Waals surface area contributed by atoms with Gasteiger partial charge in [-0.25, -0.2) is 9.97 Å². The Hall–Kier alpha value is -3.49. The topological polar surface area (TPSA) is 67.4 Å². The third-order valence-electron chi connectivity index (χ3n) is 6.79. The molecule has 0 N–H and O–H groups in total. The lowest BCUT2D eigenvalue weighted by Crippen LogP contribution is -2.19. The van der Waals surface area contributed by atoms with Gasteiger partial charge in [0.2, 0.25) is 0 Å². The summed E-state index contributed by atoms with van der Waals surface area (Å²) >= 11 is 6.27. The molecule has 1 saturated carbocycles. The van der Waals surface area contributed by atoms with Crippen LogP contribution in [0.1, 0.15) is 49.7 Å². The molecule has 34 heavy (non-hydrogen) atoms. The summed E-state index contributed by atoms with van der Waals surface area (Å²) in [6.07, 6.45) is 8.20. The molecule has 5 nitrogen and oxygen atoms in total. The third-order valence-corrected chi connectivity index (χ3v) is 6.99. The van der Waals surface area contributed by atoms with Crippen molar-refractivity contribution in [2.24, 2.45) is 11.8 Å². The zero-order valence-corrected chi connectivity index (χ0v) is 20.0. The minimum absolute atomic E-state index is 0.315. The number of aromatic nitrogens is 4. The predicted octanol–water partition coefficient (Wildman–Crippen LogP) is 6.91. The molecule has 4 aromatic rings. The second-order valence-corrected chi connectivity index (χ2v) is 9.68. The number of benzene rings is 1. The zero-order chi connectivity index (χ0) is 23.7. The Morgan fingerprint density at radius 3 is 2.59 bits per heavy atom. The van der Waals surface area contributed by atoms with E-state index in [4.69, 9.17) is 21.6 Å². The summed E-state index contributed by atoms with van der Waals surface area (Å²) in [5, 5.41) is 10.2. The third kappa shape index (κ3) is 4.34. The van der Waals surface area contributed by atoms with Crippen LogP contribution in [0.5, 0.6) is 0 Å². The van der Waals surface area contributed by atoms with Gasteiger partial charge in [-0.05, 0) is 36.3 Å². The fraction of sp³-hybridized carbons (Fsp3) is 0.286. The molecule has 1 aromatic carbocycles. The van der Waals surface area contributed by atoms with Gasteiger partial charge in [-0.1, -0.05) is 68.3 Å². The average Bonchev–Trinajstić information content (AvgIpc) is 3.23. The van der Waals surface area contributed by atoms with Gasteiger partial charge >= 0.3 is 0 Å². The van der Waals surface area contributed by atoms with E-state index in [0.717, 1.165) is 46.0 Å². The van der Waals surface area contributed by atoms with E-state index in [1.54, 1.807) is 18.5 Å². The molecular formula is C28H26ClN5. The molecule has 0 bridgehead atoms. The van der Waals surface area contributed by atoms with Crippen molar-refractivity contribution in [3.63, 3.8) is 0 Å². The van der Waals surface area contributed by atoms with E-state index in [2.05, 4.69) is 41.3 Å². The molecule has 0 atom stereocenters. The first-order valence-corrected chi connectivity index (χ1v) is 12.1. The lowest BCUT2D eigenvalue weighted by atomic mass is 9.83. The molecule has 1 aliphatic carbocycles. The quantitative estimate of drug-likeness (QED) is 0.320. The van der Waals surface area contributed by atoms with Gasteiger partial charge in [-0.2, -0.15) is 5.26 Å². The van der Waals surface area contributed by atoms with Crippen molar-refractivity contribution in [2.75, 3.05) is 0 Å². The van der Waals surface area contributed by atoms with Crippen LogP contribution >= 0.6 is 11.6 Å². The van der Waals surface area contributed by atoms with E-state index >= 15 is 0 Å². The number of nitrogens with zero attached hydrogens (tertiary/aromatic N) is 5. The lowest BCUT2D eigenvalue weighted by molar-refractivity contribution is 0.266. The highest BCUT2D eigenvalue weighted by atomic mass is 35.5. The van der Waals surface area contributed by atoms with Crippen LogP contribution in [-0.2, 0) is 6.54 Å². The van der Waals surface area contributed by atoms with Crippen LogP contribution in [0, 0.1) is 23.2 Å². The van der Waals surface area contributed by atoms with Gasteiger partial charge in [0.15, 0.2) is 0 Å². The fourth-order valence-electron chi connectivity index (χ4n) is 4.90. The number of fused-ring (bicyclic) bond motifs is 1. The number of hydrogen-bond acceptors (Lipinski definition) is 4. The SMILES string of the molecule is C=C(c1ccccc1)c1nc2cc(C#N)nc(-c3cncc(Cl)c3)c2n1CC1CCC(C)CC1. The Kier molecular flexibility index (Phi) is 6.17. The zero-order valence-electron chi connectivity index (χ0n) is 19.2. The Bertz CT molecular complexity index is 1390. The molecular weight excluding hydrogens is 442 g/mol. The van der Waals surface area contributed by atoms with Crippen LogP contribution in [0.25, 0.3) is 27.9 Å². The molecule has 5 rings (SSSR count). The van der Waals surface area contributed by atoms with E-state index in [1.165, 1.54) is 25.7 Å². The van der Waals surface area contributed by atoms with E-state index in [1.807, 2.05) is 24.3 Å².